The Labute approximate surface area is 211 Å². The van der Waals surface area contributed by atoms with Crippen LogP contribution in [0.15, 0.2) is 48.5 Å². The number of carbonyl (C=O) groups excluding carboxylic acids is 3. The minimum atomic E-state index is -4.79. The van der Waals surface area contributed by atoms with Gasteiger partial charge in [-0.1, -0.05) is 12.1 Å². The average Bonchev–Trinajstić information content (AvgIpc) is 2.84. The molecule has 0 saturated carbocycles. The van der Waals surface area contributed by atoms with Gasteiger partial charge in [0.25, 0.3) is 5.91 Å². The maximum Gasteiger partial charge on any atom is 0.573 e. The summed E-state index contributed by atoms with van der Waals surface area (Å²) in [5, 5.41) is 5.37. The Balaban J connectivity index is 1.34. The van der Waals surface area contributed by atoms with Gasteiger partial charge in [-0.3, -0.25) is 9.59 Å². The zero-order valence-electron chi connectivity index (χ0n) is 20.1. The predicted octanol–water partition coefficient (Wildman–Crippen LogP) is 4.08. The quantitative estimate of drug-likeness (QED) is 0.633. The number of halogens is 3. The van der Waals surface area contributed by atoms with Crippen molar-refractivity contribution in [2.45, 2.75) is 31.7 Å². The van der Waals surface area contributed by atoms with Gasteiger partial charge in [0.15, 0.2) is 0 Å². The summed E-state index contributed by atoms with van der Waals surface area (Å²) in [5.74, 6) is -0.836. The molecule has 198 valence electrons. The van der Waals surface area contributed by atoms with Crippen LogP contribution in [0.2, 0.25) is 0 Å². The topological polar surface area (TPSA) is 100 Å². The summed E-state index contributed by atoms with van der Waals surface area (Å²) in [5.41, 5.74) is 0.590. The number of nitrogens with zero attached hydrogens (tertiary/aromatic N) is 2. The third kappa shape index (κ3) is 6.70. The van der Waals surface area contributed by atoms with Gasteiger partial charge in [-0.25, -0.2) is 4.79 Å². The van der Waals surface area contributed by atoms with Crippen LogP contribution >= 0.6 is 0 Å². The van der Waals surface area contributed by atoms with E-state index in [0.717, 1.165) is 12.1 Å². The Morgan fingerprint density at radius 3 is 2.27 bits per heavy atom. The van der Waals surface area contributed by atoms with Crippen molar-refractivity contribution < 1.29 is 37.0 Å². The molecular weight excluding hydrogens is 493 g/mol. The highest BCUT2D eigenvalue weighted by molar-refractivity contribution is 6.03. The third-order valence-corrected chi connectivity index (χ3v) is 6.30. The van der Waals surface area contributed by atoms with E-state index in [2.05, 4.69) is 15.4 Å². The van der Waals surface area contributed by atoms with Crippen LogP contribution in [0, 0.1) is 0 Å². The Hall–Kier alpha value is -3.80. The van der Waals surface area contributed by atoms with Crippen LogP contribution in [-0.2, 0) is 9.53 Å². The highest BCUT2D eigenvalue weighted by Crippen LogP contribution is 2.32. The maximum absolute atomic E-state index is 13.1. The van der Waals surface area contributed by atoms with Crippen molar-refractivity contribution in [2.75, 3.05) is 43.4 Å². The lowest BCUT2D eigenvalue weighted by Crippen LogP contribution is -2.59. The molecule has 4 rings (SSSR count). The molecule has 2 aliphatic heterocycles. The second-order valence-corrected chi connectivity index (χ2v) is 8.97. The van der Waals surface area contributed by atoms with Gasteiger partial charge in [0, 0.05) is 32.2 Å². The van der Waals surface area contributed by atoms with Crippen LogP contribution in [0.5, 0.6) is 5.75 Å². The summed E-state index contributed by atoms with van der Waals surface area (Å²) in [6, 6.07) is 11.3. The lowest BCUT2D eigenvalue weighted by atomic mass is 9.89. The molecule has 2 saturated heterocycles. The van der Waals surface area contributed by atoms with E-state index in [-0.39, 0.29) is 17.6 Å². The number of ether oxygens (including phenoxy) is 2. The van der Waals surface area contributed by atoms with Crippen LogP contribution in [0.4, 0.5) is 29.3 Å². The Kier molecular flexibility index (Phi) is 7.58. The number of amides is 4. The van der Waals surface area contributed by atoms with Crippen molar-refractivity contribution >= 4 is 29.2 Å². The molecule has 9 nitrogen and oxygen atoms in total. The molecule has 12 heteroatoms. The number of hydrogen-bond donors (Lipinski definition) is 2. The van der Waals surface area contributed by atoms with Gasteiger partial charge in [-0.15, -0.1) is 13.2 Å². The molecule has 0 bridgehead atoms. The van der Waals surface area contributed by atoms with Gasteiger partial charge < -0.3 is 29.9 Å². The van der Waals surface area contributed by atoms with Gasteiger partial charge in [-0.05, 0) is 49.2 Å². The highest BCUT2D eigenvalue weighted by Gasteiger charge is 2.42. The van der Waals surface area contributed by atoms with Crippen LogP contribution in [0.1, 0.15) is 30.1 Å². The second kappa shape index (κ2) is 10.7. The van der Waals surface area contributed by atoms with E-state index >= 15 is 0 Å². The molecule has 0 aliphatic carbocycles. The smallest absolute Gasteiger partial charge is 0.406 e. The summed E-state index contributed by atoms with van der Waals surface area (Å²) in [4.78, 5) is 40.8. The summed E-state index contributed by atoms with van der Waals surface area (Å²) < 4.78 is 46.9. The van der Waals surface area contributed by atoms with Crippen molar-refractivity contribution in [1.82, 2.24) is 9.80 Å². The molecule has 2 fully saturated rings. The van der Waals surface area contributed by atoms with Crippen LogP contribution in [0.3, 0.4) is 0 Å². The minimum Gasteiger partial charge on any atom is -0.406 e. The number of rotatable bonds is 4. The first kappa shape index (κ1) is 26.3. The molecule has 4 amide bonds. The van der Waals surface area contributed by atoms with Crippen LogP contribution in [-0.4, -0.2) is 72.4 Å². The first-order valence-electron chi connectivity index (χ1n) is 11.8. The van der Waals surface area contributed by atoms with Gasteiger partial charge in [0.1, 0.15) is 5.75 Å². The van der Waals surface area contributed by atoms with E-state index in [1.54, 1.807) is 34.1 Å². The number of carbonyl (C=O) groups is 3. The molecule has 2 heterocycles. The standard InChI is InChI=1S/C25H27F3N4O5/c1-17(33)29-21-5-3-2-4-20(21)22(34)31-12-10-24(11-13-31)16-32(14-15-36-24)23(35)30-18-6-8-19(9-7-18)37-25(26,27)28/h2-9H,10-16H2,1H3,(H,29,33)(H,30,35). The van der Waals surface area contributed by atoms with E-state index in [1.165, 1.54) is 19.1 Å². The van der Waals surface area contributed by atoms with Gasteiger partial charge in [-0.2, -0.15) is 0 Å². The van der Waals surface area contributed by atoms with Crippen molar-refractivity contribution in [3.63, 3.8) is 0 Å². The summed E-state index contributed by atoms with van der Waals surface area (Å²) >= 11 is 0. The molecule has 2 aliphatic rings. The molecule has 2 aromatic rings. The van der Waals surface area contributed by atoms with Gasteiger partial charge in [0.2, 0.25) is 5.91 Å². The third-order valence-electron chi connectivity index (χ3n) is 6.30. The molecule has 2 aromatic carbocycles. The van der Waals surface area contributed by atoms with Gasteiger partial charge in [0.05, 0.1) is 30.0 Å². The second-order valence-electron chi connectivity index (χ2n) is 8.97. The number of nitrogens with one attached hydrogen (secondary N) is 2. The van der Waals surface area contributed by atoms with Crippen molar-refractivity contribution in [1.29, 1.82) is 0 Å². The fourth-order valence-corrected chi connectivity index (χ4v) is 4.52. The monoisotopic (exact) mass is 520 g/mol. The maximum atomic E-state index is 13.1. The molecule has 0 radical (unpaired) electrons. The molecular formula is C25H27F3N4O5. The number of piperidine rings is 1. The number of urea groups is 1. The highest BCUT2D eigenvalue weighted by atomic mass is 19.4. The normalized spacial score (nSPS) is 17.3. The van der Waals surface area contributed by atoms with Crippen molar-refractivity contribution in [3.8, 4) is 5.75 Å². The molecule has 0 aromatic heterocycles. The number of para-hydroxylation sites is 1. The number of hydrogen-bond acceptors (Lipinski definition) is 5. The van der Waals surface area contributed by atoms with Crippen molar-refractivity contribution in [3.05, 3.63) is 54.1 Å². The van der Waals surface area contributed by atoms with Gasteiger partial charge >= 0.3 is 12.4 Å². The SMILES string of the molecule is CC(=O)Nc1ccccc1C(=O)N1CCC2(CC1)CN(C(=O)Nc1ccc(OC(F)(F)F)cc1)CCO2. The zero-order chi connectivity index (χ0) is 26.6. The Bertz CT molecular complexity index is 1150. The first-order valence-corrected chi connectivity index (χ1v) is 11.8. The molecule has 37 heavy (non-hydrogen) atoms. The molecule has 0 unspecified atom stereocenters. The van der Waals surface area contributed by atoms with E-state index < -0.39 is 18.0 Å². The lowest BCUT2D eigenvalue weighted by Gasteiger charge is -2.47. The number of morpholine rings is 1. The summed E-state index contributed by atoms with van der Waals surface area (Å²) in [6.07, 6.45) is -3.75. The Morgan fingerprint density at radius 1 is 0.946 bits per heavy atom. The number of anilines is 2. The predicted molar refractivity (Wildman–Crippen MR) is 128 cm³/mol. The van der Waals surface area contributed by atoms with E-state index in [0.29, 0.717) is 62.6 Å². The molecule has 1 spiro atoms. The average molecular weight is 521 g/mol. The van der Waals surface area contributed by atoms with E-state index in [1.807, 2.05) is 0 Å². The van der Waals surface area contributed by atoms with Crippen LogP contribution in [0.25, 0.3) is 0 Å². The fourth-order valence-electron chi connectivity index (χ4n) is 4.52. The largest absolute Gasteiger partial charge is 0.573 e. The zero-order valence-corrected chi connectivity index (χ0v) is 20.1. The number of benzene rings is 2. The van der Waals surface area contributed by atoms with Crippen molar-refractivity contribution in [2.24, 2.45) is 0 Å². The van der Waals surface area contributed by atoms with Crippen LogP contribution < -0.4 is 15.4 Å². The lowest BCUT2D eigenvalue weighted by molar-refractivity contribution is -0.274. The number of likely N-dealkylation sites (tertiary alicyclic amines) is 1. The molecule has 0 atom stereocenters. The fraction of sp³-hybridized carbons (Fsp3) is 0.400. The first-order chi connectivity index (χ1) is 17.5. The summed E-state index contributed by atoms with van der Waals surface area (Å²) in [6.45, 7) is 3.22. The van der Waals surface area contributed by atoms with E-state index in [4.69, 9.17) is 4.74 Å². The summed E-state index contributed by atoms with van der Waals surface area (Å²) in [7, 11) is 0. The minimum absolute atomic E-state index is 0.192. The van der Waals surface area contributed by atoms with E-state index in [9.17, 15) is 27.6 Å². The number of alkyl halides is 3. The molecule has 2 N–H and O–H groups in total. The Morgan fingerprint density at radius 2 is 1.62 bits per heavy atom.